The van der Waals surface area contributed by atoms with Crippen molar-refractivity contribution in [2.45, 2.75) is 31.1 Å². The molecule has 1 fully saturated rings. The van der Waals surface area contributed by atoms with Gasteiger partial charge in [0.05, 0.1) is 10.6 Å². The molecular weight excluding hydrogens is 316 g/mol. The molecule has 0 atom stereocenters. The van der Waals surface area contributed by atoms with E-state index in [1.165, 1.54) is 11.9 Å². The average molecular weight is 338 g/mol. The van der Waals surface area contributed by atoms with E-state index in [0.717, 1.165) is 10.5 Å². The highest BCUT2D eigenvalue weighted by Gasteiger charge is 2.34. The van der Waals surface area contributed by atoms with E-state index in [9.17, 15) is 18.0 Å². The van der Waals surface area contributed by atoms with E-state index in [1.807, 2.05) is 0 Å². The zero-order valence-electron chi connectivity index (χ0n) is 13.9. The van der Waals surface area contributed by atoms with Gasteiger partial charge in [-0.1, -0.05) is 32.9 Å². The fourth-order valence-corrected chi connectivity index (χ4v) is 3.59. The molecule has 0 N–H and O–H groups in total. The maximum Gasteiger partial charge on any atom is 0.326 e. The number of nitrogens with zero attached hydrogens (tertiary/aromatic N) is 2. The predicted octanol–water partition coefficient (Wildman–Crippen LogP) is 1.65. The molecule has 0 aliphatic carbocycles. The molecule has 0 bridgehead atoms. The van der Waals surface area contributed by atoms with Crippen LogP contribution in [0, 0.1) is 0 Å². The van der Waals surface area contributed by atoms with Crippen molar-refractivity contribution in [2.75, 3.05) is 25.9 Å². The number of amides is 3. The largest absolute Gasteiger partial charge is 0.326 e. The Morgan fingerprint density at radius 1 is 1.09 bits per heavy atom. The van der Waals surface area contributed by atoms with Crippen molar-refractivity contribution < 1.29 is 18.0 Å². The Bertz CT molecular complexity index is 717. The summed E-state index contributed by atoms with van der Waals surface area (Å²) < 4.78 is 24.8. The van der Waals surface area contributed by atoms with Gasteiger partial charge in [-0.2, -0.15) is 0 Å². The minimum atomic E-state index is -3.54. The Kier molecular flexibility index (Phi) is 4.52. The second kappa shape index (κ2) is 5.96. The Morgan fingerprint density at radius 2 is 1.65 bits per heavy atom. The molecule has 1 aromatic rings. The van der Waals surface area contributed by atoms with Gasteiger partial charge in [0, 0.05) is 13.6 Å². The lowest BCUT2D eigenvalue weighted by Gasteiger charge is -2.19. The molecule has 7 heteroatoms. The normalized spacial score (nSPS) is 16.3. The molecule has 3 amide bonds. The lowest BCUT2D eigenvalue weighted by molar-refractivity contribution is -0.125. The van der Waals surface area contributed by atoms with Crippen molar-refractivity contribution in [3.8, 4) is 0 Å². The molecule has 0 unspecified atom stereocenters. The maximum atomic E-state index is 12.4. The molecule has 1 aliphatic heterocycles. The highest BCUT2D eigenvalue weighted by Crippen LogP contribution is 2.24. The number of likely N-dealkylation sites (N-methyl/N-ethyl adjacent to an activating group) is 1. The molecule has 1 saturated heterocycles. The lowest BCUT2D eigenvalue weighted by atomic mass is 9.87. The first-order valence-electron chi connectivity index (χ1n) is 7.41. The molecule has 2 rings (SSSR count). The van der Waals surface area contributed by atoms with Crippen LogP contribution in [0.5, 0.6) is 0 Å². The lowest BCUT2D eigenvalue weighted by Crippen LogP contribution is -2.35. The number of carbonyl (C=O) groups is 2. The topological polar surface area (TPSA) is 74.8 Å². The van der Waals surface area contributed by atoms with Gasteiger partial charge in [-0.05, 0) is 23.1 Å². The van der Waals surface area contributed by atoms with Crippen molar-refractivity contribution in [3.63, 3.8) is 0 Å². The molecule has 0 saturated carbocycles. The number of benzene rings is 1. The number of hydrogen-bond donors (Lipinski definition) is 0. The number of rotatable bonds is 4. The summed E-state index contributed by atoms with van der Waals surface area (Å²) in [5.74, 6) is -0.636. The van der Waals surface area contributed by atoms with Crippen LogP contribution in [-0.2, 0) is 20.0 Å². The van der Waals surface area contributed by atoms with Crippen LogP contribution in [0.25, 0.3) is 0 Å². The SMILES string of the molecule is CN1CC(=O)N(CCS(=O)(=O)c2ccc(C(C)(C)C)cc2)C1=O. The molecule has 1 aromatic carbocycles. The Balaban J connectivity index is 2.10. The Labute approximate surface area is 137 Å². The number of sulfone groups is 1. The first-order chi connectivity index (χ1) is 10.5. The molecule has 23 heavy (non-hydrogen) atoms. The van der Waals surface area contributed by atoms with Gasteiger partial charge in [0.1, 0.15) is 6.54 Å². The number of urea groups is 1. The van der Waals surface area contributed by atoms with Gasteiger partial charge in [0.2, 0.25) is 5.91 Å². The van der Waals surface area contributed by atoms with Crippen molar-refractivity contribution >= 4 is 21.8 Å². The van der Waals surface area contributed by atoms with Gasteiger partial charge in [-0.3, -0.25) is 9.69 Å². The standard InChI is InChI=1S/C16H22N2O4S/c1-16(2,3)12-5-7-13(8-6-12)23(21,22)10-9-18-14(19)11-17(4)15(18)20/h5-8H,9-11H2,1-4H3. The third-order valence-electron chi connectivity index (χ3n) is 3.89. The number of hydrogen-bond acceptors (Lipinski definition) is 4. The van der Waals surface area contributed by atoms with E-state index in [0.29, 0.717) is 0 Å². The quantitative estimate of drug-likeness (QED) is 0.783. The van der Waals surface area contributed by atoms with E-state index in [2.05, 4.69) is 20.8 Å². The second-order valence-corrected chi connectivity index (χ2v) is 8.89. The summed E-state index contributed by atoms with van der Waals surface area (Å²) in [6, 6.07) is 6.30. The highest BCUT2D eigenvalue weighted by molar-refractivity contribution is 7.91. The fraction of sp³-hybridized carbons (Fsp3) is 0.500. The number of carbonyl (C=O) groups excluding carboxylic acids is 2. The van der Waals surface area contributed by atoms with Crippen LogP contribution in [0.1, 0.15) is 26.3 Å². The first-order valence-corrected chi connectivity index (χ1v) is 9.06. The van der Waals surface area contributed by atoms with Crippen LogP contribution in [0.3, 0.4) is 0 Å². The van der Waals surface area contributed by atoms with E-state index in [-0.39, 0.29) is 35.1 Å². The van der Waals surface area contributed by atoms with Crippen LogP contribution in [0.4, 0.5) is 4.79 Å². The summed E-state index contributed by atoms with van der Waals surface area (Å²) in [5.41, 5.74) is 0.990. The van der Waals surface area contributed by atoms with Crippen LogP contribution in [0.2, 0.25) is 0 Å². The predicted molar refractivity (Wildman–Crippen MR) is 86.9 cm³/mol. The van der Waals surface area contributed by atoms with Gasteiger partial charge in [-0.25, -0.2) is 13.2 Å². The second-order valence-electron chi connectivity index (χ2n) is 6.78. The van der Waals surface area contributed by atoms with Crippen LogP contribution < -0.4 is 0 Å². The summed E-state index contributed by atoms with van der Waals surface area (Å²) >= 11 is 0. The molecular formula is C16H22N2O4S. The van der Waals surface area contributed by atoms with Gasteiger partial charge >= 0.3 is 6.03 Å². The van der Waals surface area contributed by atoms with Gasteiger partial charge < -0.3 is 4.90 Å². The van der Waals surface area contributed by atoms with Crippen molar-refractivity contribution in [1.29, 1.82) is 0 Å². The molecule has 126 valence electrons. The summed E-state index contributed by atoms with van der Waals surface area (Å²) in [4.78, 5) is 25.9. The zero-order valence-corrected chi connectivity index (χ0v) is 14.7. The Hall–Kier alpha value is -1.89. The molecule has 0 aromatic heterocycles. The highest BCUT2D eigenvalue weighted by atomic mass is 32.2. The van der Waals surface area contributed by atoms with E-state index in [1.54, 1.807) is 24.3 Å². The third-order valence-corrected chi connectivity index (χ3v) is 5.60. The monoisotopic (exact) mass is 338 g/mol. The third kappa shape index (κ3) is 3.72. The van der Waals surface area contributed by atoms with Crippen LogP contribution in [-0.4, -0.2) is 56.0 Å². The minimum Gasteiger partial charge on any atom is -0.318 e. The summed E-state index contributed by atoms with van der Waals surface area (Å²) in [7, 11) is -2.03. The molecule has 0 spiro atoms. The smallest absolute Gasteiger partial charge is 0.318 e. The van der Waals surface area contributed by atoms with Gasteiger partial charge in [-0.15, -0.1) is 0 Å². The van der Waals surface area contributed by atoms with E-state index >= 15 is 0 Å². The fourth-order valence-electron chi connectivity index (χ4n) is 2.38. The first kappa shape index (κ1) is 17.5. The Morgan fingerprint density at radius 3 is 2.09 bits per heavy atom. The van der Waals surface area contributed by atoms with Gasteiger partial charge in [0.25, 0.3) is 0 Å². The molecule has 1 aliphatic rings. The van der Waals surface area contributed by atoms with Crippen molar-refractivity contribution in [2.24, 2.45) is 0 Å². The molecule has 6 nitrogen and oxygen atoms in total. The van der Waals surface area contributed by atoms with Crippen LogP contribution in [0.15, 0.2) is 29.2 Å². The maximum absolute atomic E-state index is 12.4. The van der Waals surface area contributed by atoms with E-state index in [4.69, 9.17) is 0 Å². The number of imide groups is 1. The van der Waals surface area contributed by atoms with E-state index < -0.39 is 15.9 Å². The van der Waals surface area contributed by atoms with Gasteiger partial charge in [0.15, 0.2) is 9.84 Å². The summed E-state index contributed by atoms with van der Waals surface area (Å²) in [6.07, 6.45) is 0. The molecule has 1 heterocycles. The van der Waals surface area contributed by atoms with Crippen molar-refractivity contribution in [1.82, 2.24) is 9.80 Å². The van der Waals surface area contributed by atoms with Crippen molar-refractivity contribution in [3.05, 3.63) is 29.8 Å². The van der Waals surface area contributed by atoms with Crippen LogP contribution >= 0.6 is 0 Å². The summed E-state index contributed by atoms with van der Waals surface area (Å²) in [6.45, 7) is 6.04. The minimum absolute atomic E-state index is 0.000833. The molecule has 0 radical (unpaired) electrons. The average Bonchev–Trinajstić information content (AvgIpc) is 2.69. The zero-order chi connectivity index (χ0) is 17.4. The summed E-state index contributed by atoms with van der Waals surface area (Å²) in [5, 5.41) is 0.